The van der Waals surface area contributed by atoms with Gasteiger partial charge in [-0.25, -0.2) is 0 Å². The fraction of sp³-hybridized carbons (Fsp3) is 0.667. The summed E-state index contributed by atoms with van der Waals surface area (Å²) < 4.78 is 0. The van der Waals surface area contributed by atoms with Crippen molar-refractivity contribution >= 4 is 0 Å². The summed E-state index contributed by atoms with van der Waals surface area (Å²) in [5, 5.41) is 3.76. The second-order valence-corrected chi connectivity index (χ2v) is 6.80. The summed E-state index contributed by atoms with van der Waals surface area (Å²) in [7, 11) is 0. The highest BCUT2D eigenvalue weighted by Crippen LogP contribution is 2.38. The summed E-state index contributed by atoms with van der Waals surface area (Å²) in [6.07, 6.45) is 6.96. The van der Waals surface area contributed by atoms with Crippen LogP contribution >= 0.6 is 0 Å². The molecule has 3 atom stereocenters. The number of hydrogen-bond acceptors (Lipinski definition) is 1. The fourth-order valence-electron chi connectivity index (χ4n) is 4.01. The molecular weight excluding hydrogens is 230 g/mol. The largest absolute Gasteiger partial charge is 0.313 e. The maximum Gasteiger partial charge on any atom is 0.0102 e. The van der Waals surface area contributed by atoms with Crippen LogP contribution < -0.4 is 5.32 Å². The van der Waals surface area contributed by atoms with Crippen LogP contribution in [0.15, 0.2) is 24.3 Å². The van der Waals surface area contributed by atoms with Crippen molar-refractivity contribution in [1.82, 2.24) is 5.32 Å². The lowest BCUT2D eigenvalue weighted by molar-refractivity contribution is 0.393. The summed E-state index contributed by atoms with van der Waals surface area (Å²) in [5.74, 6) is 2.62. The summed E-state index contributed by atoms with van der Waals surface area (Å²) in [4.78, 5) is 0. The van der Waals surface area contributed by atoms with Gasteiger partial charge in [0.2, 0.25) is 0 Å². The van der Waals surface area contributed by atoms with Gasteiger partial charge in [-0.3, -0.25) is 0 Å². The predicted molar refractivity (Wildman–Crippen MR) is 81.5 cm³/mol. The maximum atomic E-state index is 3.76. The molecule has 1 heterocycles. The van der Waals surface area contributed by atoms with Gasteiger partial charge >= 0.3 is 0 Å². The van der Waals surface area contributed by atoms with Gasteiger partial charge in [-0.2, -0.15) is 0 Å². The van der Waals surface area contributed by atoms with E-state index >= 15 is 0 Å². The molecule has 1 heteroatoms. The van der Waals surface area contributed by atoms with Gasteiger partial charge in [0.05, 0.1) is 0 Å². The number of aryl methyl sites for hydroxylation is 1. The Morgan fingerprint density at radius 2 is 1.95 bits per heavy atom. The molecule has 1 aliphatic heterocycles. The van der Waals surface area contributed by atoms with E-state index in [1.165, 1.54) is 49.8 Å². The molecule has 1 aromatic rings. The number of hydrogen-bond donors (Lipinski definition) is 1. The lowest BCUT2D eigenvalue weighted by Crippen LogP contribution is -2.27. The molecule has 1 N–H and O–H groups in total. The first-order valence-corrected chi connectivity index (χ1v) is 8.06. The van der Waals surface area contributed by atoms with Crippen molar-refractivity contribution in [3.8, 4) is 0 Å². The summed E-state index contributed by atoms with van der Waals surface area (Å²) in [6.45, 7) is 5.80. The maximum absolute atomic E-state index is 3.76. The zero-order chi connectivity index (χ0) is 13.2. The molecule has 1 saturated carbocycles. The molecule has 1 saturated heterocycles. The average Bonchev–Trinajstić information content (AvgIpc) is 3.00. The van der Waals surface area contributed by atoms with Crippen LogP contribution in [-0.2, 0) is 6.42 Å². The molecule has 3 unspecified atom stereocenters. The van der Waals surface area contributed by atoms with Crippen molar-refractivity contribution in [2.45, 2.75) is 57.9 Å². The topological polar surface area (TPSA) is 12.0 Å². The summed E-state index contributed by atoms with van der Waals surface area (Å²) >= 11 is 0. The van der Waals surface area contributed by atoms with Crippen LogP contribution in [0, 0.1) is 11.8 Å². The first-order valence-electron chi connectivity index (χ1n) is 8.06. The lowest BCUT2D eigenvalue weighted by atomic mass is 9.90. The van der Waals surface area contributed by atoms with Gasteiger partial charge in [0.25, 0.3) is 0 Å². The van der Waals surface area contributed by atoms with Gasteiger partial charge in [0, 0.05) is 6.04 Å². The second-order valence-electron chi connectivity index (χ2n) is 6.80. The third-order valence-corrected chi connectivity index (χ3v) is 5.27. The Labute approximate surface area is 117 Å². The van der Waals surface area contributed by atoms with Gasteiger partial charge in [0.15, 0.2) is 0 Å². The highest BCUT2D eigenvalue weighted by molar-refractivity contribution is 5.24. The van der Waals surface area contributed by atoms with Crippen molar-refractivity contribution in [2.75, 3.05) is 6.54 Å². The summed E-state index contributed by atoms with van der Waals surface area (Å²) in [6, 6.07) is 10.1. The van der Waals surface area contributed by atoms with Crippen molar-refractivity contribution in [2.24, 2.45) is 11.8 Å². The molecular formula is C18H27N. The molecule has 0 bridgehead atoms. The van der Waals surface area contributed by atoms with Gasteiger partial charge in [-0.05, 0) is 61.1 Å². The van der Waals surface area contributed by atoms with Crippen LogP contribution in [0.25, 0.3) is 0 Å². The number of rotatable bonds is 4. The first kappa shape index (κ1) is 13.2. The normalized spacial score (nSPS) is 29.9. The van der Waals surface area contributed by atoms with E-state index < -0.39 is 0 Å². The fourth-order valence-corrected chi connectivity index (χ4v) is 4.01. The highest BCUT2D eigenvalue weighted by Gasteiger charge is 2.38. The zero-order valence-corrected chi connectivity index (χ0v) is 12.4. The smallest absolute Gasteiger partial charge is 0.0102 e. The molecule has 19 heavy (non-hydrogen) atoms. The minimum Gasteiger partial charge on any atom is -0.313 e. The van der Waals surface area contributed by atoms with Crippen molar-refractivity contribution in [3.63, 3.8) is 0 Å². The highest BCUT2D eigenvalue weighted by atomic mass is 15.0. The zero-order valence-electron chi connectivity index (χ0n) is 12.4. The minimum absolute atomic E-state index is 0.643. The number of benzene rings is 1. The first-order chi connectivity index (χ1) is 9.24. The Hall–Kier alpha value is -0.820. The third-order valence-electron chi connectivity index (χ3n) is 5.27. The van der Waals surface area contributed by atoms with Crippen LogP contribution in [0.5, 0.6) is 0 Å². The Balaban J connectivity index is 1.54. The Kier molecular flexibility index (Phi) is 3.93. The molecule has 104 valence electrons. The number of nitrogens with one attached hydrogen (secondary N) is 1. The Bertz CT molecular complexity index is 406. The van der Waals surface area contributed by atoms with Gasteiger partial charge in [0.1, 0.15) is 0 Å². The molecule has 1 aliphatic carbocycles. The summed E-state index contributed by atoms with van der Waals surface area (Å²) in [5.41, 5.74) is 2.96. The van der Waals surface area contributed by atoms with E-state index in [1.54, 1.807) is 0 Å². The van der Waals surface area contributed by atoms with E-state index in [0.717, 1.165) is 17.9 Å². The molecule has 0 spiro atoms. The van der Waals surface area contributed by atoms with Gasteiger partial charge in [-0.1, -0.05) is 44.5 Å². The van der Waals surface area contributed by atoms with Crippen LogP contribution in [0.1, 0.15) is 56.6 Å². The van der Waals surface area contributed by atoms with Crippen molar-refractivity contribution < 1.29 is 0 Å². The van der Waals surface area contributed by atoms with Crippen LogP contribution in [0.3, 0.4) is 0 Å². The Morgan fingerprint density at radius 1 is 1.16 bits per heavy atom. The molecule has 3 rings (SSSR count). The van der Waals surface area contributed by atoms with Crippen molar-refractivity contribution in [1.29, 1.82) is 0 Å². The van der Waals surface area contributed by atoms with Crippen LogP contribution in [0.4, 0.5) is 0 Å². The standard InChI is InChI=1S/C18H27N/c1-13(2)15-9-6-14(7-10-15)8-11-18-17-5-3-4-16(17)12-19-18/h6-7,9-10,13,16-19H,3-5,8,11-12H2,1-2H3. The molecule has 0 amide bonds. The van der Waals surface area contributed by atoms with Crippen LogP contribution in [-0.4, -0.2) is 12.6 Å². The van der Waals surface area contributed by atoms with E-state index in [-0.39, 0.29) is 0 Å². The van der Waals surface area contributed by atoms with Crippen LogP contribution in [0.2, 0.25) is 0 Å². The lowest BCUT2D eigenvalue weighted by Gasteiger charge is -2.18. The van der Waals surface area contributed by atoms with Gasteiger partial charge < -0.3 is 5.32 Å². The molecule has 2 fully saturated rings. The quantitative estimate of drug-likeness (QED) is 0.855. The SMILES string of the molecule is CC(C)c1ccc(CCC2NCC3CCCC32)cc1. The number of fused-ring (bicyclic) bond motifs is 1. The van der Waals surface area contributed by atoms with Gasteiger partial charge in [-0.15, -0.1) is 0 Å². The third kappa shape index (κ3) is 2.86. The minimum atomic E-state index is 0.643. The molecule has 1 nitrogen and oxygen atoms in total. The second kappa shape index (κ2) is 5.66. The molecule has 1 aromatic carbocycles. The van der Waals surface area contributed by atoms with Crippen molar-refractivity contribution in [3.05, 3.63) is 35.4 Å². The van der Waals surface area contributed by atoms with E-state index in [9.17, 15) is 0 Å². The molecule has 0 aromatic heterocycles. The predicted octanol–water partition coefficient (Wildman–Crippen LogP) is 4.13. The molecule has 0 radical (unpaired) electrons. The van der Waals surface area contributed by atoms with E-state index in [0.29, 0.717) is 5.92 Å². The average molecular weight is 257 g/mol. The monoisotopic (exact) mass is 257 g/mol. The van der Waals surface area contributed by atoms with E-state index in [1.807, 2.05) is 0 Å². The Morgan fingerprint density at radius 3 is 2.68 bits per heavy atom. The van der Waals surface area contributed by atoms with E-state index in [2.05, 4.69) is 43.4 Å². The van der Waals surface area contributed by atoms with E-state index in [4.69, 9.17) is 0 Å². The molecule has 2 aliphatic rings.